The molecule has 0 saturated heterocycles. The van der Waals surface area contributed by atoms with Crippen LogP contribution < -0.4 is 5.73 Å². The smallest absolute Gasteiger partial charge is 0.0101 e. The minimum Gasteiger partial charge on any atom is -0.327 e. The highest BCUT2D eigenvalue weighted by molar-refractivity contribution is 5.01. The third-order valence-electron chi connectivity index (χ3n) is 4.99. The van der Waals surface area contributed by atoms with Crippen LogP contribution in [0.3, 0.4) is 0 Å². The van der Waals surface area contributed by atoms with Crippen molar-refractivity contribution in [3.63, 3.8) is 0 Å². The Labute approximate surface area is 81.1 Å². The van der Waals surface area contributed by atoms with E-state index in [1.807, 2.05) is 0 Å². The highest BCUT2D eigenvalue weighted by Gasteiger charge is 2.48. The van der Waals surface area contributed by atoms with Crippen molar-refractivity contribution in [1.82, 2.24) is 0 Å². The Morgan fingerprint density at radius 2 is 1.46 bits per heavy atom. The van der Waals surface area contributed by atoms with Gasteiger partial charge in [0.25, 0.3) is 0 Å². The normalized spacial score (nSPS) is 50.5. The lowest BCUT2D eigenvalue weighted by molar-refractivity contribution is 0.200. The summed E-state index contributed by atoms with van der Waals surface area (Å²) in [4.78, 5) is 0. The molecule has 13 heavy (non-hydrogen) atoms. The van der Waals surface area contributed by atoms with E-state index in [0.717, 1.165) is 23.7 Å². The zero-order valence-electron chi connectivity index (χ0n) is 8.41. The Hall–Kier alpha value is -0.0400. The second-order valence-electron chi connectivity index (χ2n) is 5.53. The lowest BCUT2D eigenvalue weighted by atomic mass is 9.76. The maximum Gasteiger partial charge on any atom is 0.0101 e. The molecule has 0 heterocycles. The standard InChI is InChI=1S/C12H21N/c13-12-10-6-5-9(7-10)11(12)8-3-1-2-4-8/h8-12H,1-7,13H2/t9-,10+,11+,12+/m0/s1. The Kier molecular flexibility index (Phi) is 1.90. The number of hydrogen-bond donors (Lipinski definition) is 1. The molecule has 0 aliphatic heterocycles. The molecule has 3 fully saturated rings. The van der Waals surface area contributed by atoms with Gasteiger partial charge in [-0.15, -0.1) is 0 Å². The minimum atomic E-state index is 0.585. The molecule has 0 aromatic heterocycles. The Morgan fingerprint density at radius 1 is 0.769 bits per heavy atom. The number of rotatable bonds is 1. The summed E-state index contributed by atoms with van der Waals surface area (Å²) in [6, 6.07) is 0.585. The van der Waals surface area contributed by atoms with E-state index in [1.54, 1.807) is 0 Å². The molecule has 1 nitrogen and oxygen atoms in total. The van der Waals surface area contributed by atoms with Gasteiger partial charge in [0.1, 0.15) is 0 Å². The average Bonchev–Trinajstić information content (AvgIpc) is 2.76. The van der Waals surface area contributed by atoms with Crippen LogP contribution in [0.25, 0.3) is 0 Å². The summed E-state index contributed by atoms with van der Waals surface area (Å²) in [7, 11) is 0. The zero-order valence-corrected chi connectivity index (χ0v) is 8.41. The average molecular weight is 179 g/mol. The molecule has 0 radical (unpaired) electrons. The highest BCUT2D eigenvalue weighted by atomic mass is 14.7. The maximum absolute atomic E-state index is 6.34. The zero-order chi connectivity index (χ0) is 8.84. The Balaban J connectivity index is 1.76. The van der Waals surface area contributed by atoms with Gasteiger partial charge < -0.3 is 5.73 Å². The van der Waals surface area contributed by atoms with Gasteiger partial charge in [-0.25, -0.2) is 0 Å². The molecule has 3 saturated carbocycles. The predicted molar refractivity (Wildman–Crippen MR) is 54.3 cm³/mol. The summed E-state index contributed by atoms with van der Waals surface area (Å²) < 4.78 is 0. The third kappa shape index (κ3) is 1.16. The molecule has 0 amide bonds. The van der Waals surface area contributed by atoms with Gasteiger partial charge >= 0.3 is 0 Å². The number of fused-ring (bicyclic) bond motifs is 2. The molecule has 2 bridgehead atoms. The first-order valence-corrected chi connectivity index (χ1v) is 6.12. The first kappa shape index (κ1) is 8.28. The lowest BCUT2D eigenvalue weighted by Crippen LogP contribution is -2.39. The van der Waals surface area contributed by atoms with Crippen LogP contribution in [0.5, 0.6) is 0 Å². The van der Waals surface area contributed by atoms with Crippen LogP contribution in [0.2, 0.25) is 0 Å². The molecular weight excluding hydrogens is 158 g/mol. The van der Waals surface area contributed by atoms with Crippen molar-refractivity contribution in [1.29, 1.82) is 0 Å². The van der Waals surface area contributed by atoms with E-state index in [4.69, 9.17) is 5.73 Å². The fourth-order valence-electron chi connectivity index (χ4n) is 4.42. The van der Waals surface area contributed by atoms with Gasteiger partial charge in [-0.05, 0) is 42.9 Å². The fourth-order valence-corrected chi connectivity index (χ4v) is 4.42. The lowest BCUT2D eigenvalue weighted by Gasteiger charge is -2.32. The summed E-state index contributed by atoms with van der Waals surface area (Å²) >= 11 is 0. The van der Waals surface area contributed by atoms with Gasteiger partial charge in [0.05, 0.1) is 0 Å². The second kappa shape index (κ2) is 2.98. The highest BCUT2D eigenvalue weighted by Crippen LogP contribution is 2.53. The minimum absolute atomic E-state index is 0.585. The third-order valence-corrected chi connectivity index (χ3v) is 4.99. The van der Waals surface area contributed by atoms with Crippen molar-refractivity contribution in [3.8, 4) is 0 Å². The van der Waals surface area contributed by atoms with E-state index in [2.05, 4.69) is 0 Å². The van der Waals surface area contributed by atoms with Gasteiger partial charge in [0, 0.05) is 6.04 Å². The van der Waals surface area contributed by atoms with Crippen LogP contribution in [0.1, 0.15) is 44.9 Å². The molecule has 0 aromatic rings. The molecule has 3 aliphatic carbocycles. The van der Waals surface area contributed by atoms with Gasteiger partial charge in [-0.3, -0.25) is 0 Å². The number of nitrogens with two attached hydrogens (primary N) is 1. The fraction of sp³-hybridized carbons (Fsp3) is 1.00. The summed E-state index contributed by atoms with van der Waals surface area (Å²) in [5.41, 5.74) is 6.34. The molecule has 3 aliphatic rings. The molecule has 0 aromatic carbocycles. The van der Waals surface area contributed by atoms with Crippen LogP contribution in [0, 0.1) is 23.7 Å². The van der Waals surface area contributed by atoms with E-state index >= 15 is 0 Å². The number of hydrogen-bond acceptors (Lipinski definition) is 1. The van der Waals surface area contributed by atoms with Crippen molar-refractivity contribution in [3.05, 3.63) is 0 Å². The van der Waals surface area contributed by atoms with E-state index in [-0.39, 0.29) is 0 Å². The van der Waals surface area contributed by atoms with Crippen molar-refractivity contribution in [2.24, 2.45) is 29.4 Å². The summed E-state index contributed by atoms with van der Waals surface area (Å²) in [6.45, 7) is 0. The molecule has 0 spiro atoms. The van der Waals surface area contributed by atoms with Gasteiger partial charge in [-0.1, -0.05) is 25.7 Å². The molecular formula is C12H21N. The van der Waals surface area contributed by atoms with Crippen LogP contribution in [-0.4, -0.2) is 6.04 Å². The summed E-state index contributed by atoms with van der Waals surface area (Å²) in [5, 5.41) is 0. The van der Waals surface area contributed by atoms with E-state index in [9.17, 15) is 0 Å². The predicted octanol–water partition coefficient (Wildman–Crippen LogP) is 2.55. The quantitative estimate of drug-likeness (QED) is 0.657. The molecule has 3 rings (SSSR count). The maximum atomic E-state index is 6.34. The van der Waals surface area contributed by atoms with Crippen molar-refractivity contribution < 1.29 is 0 Å². The Morgan fingerprint density at radius 3 is 2.08 bits per heavy atom. The second-order valence-corrected chi connectivity index (χ2v) is 5.53. The van der Waals surface area contributed by atoms with Gasteiger partial charge in [-0.2, -0.15) is 0 Å². The topological polar surface area (TPSA) is 26.0 Å². The van der Waals surface area contributed by atoms with E-state index < -0.39 is 0 Å². The first-order chi connectivity index (χ1) is 6.36. The van der Waals surface area contributed by atoms with Gasteiger partial charge in [0.15, 0.2) is 0 Å². The van der Waals surface area contributed by atoms with Crippen molar-refractivity contribution >= 4 is 0 Å². The van der Waals surface area contributed by atoms with E-state index in [0.29, 0.717) is 6.04 Å². The van der Waals surface area contributed by atoms with Crippen LogP contribution in [-0.2, 0) is 0 Å². The molecule has 1 heteroatoms. The Bertz CT molecular complexity index is 193. The van der Waals surface area contributed by atoms with Crippen molar-refractivity contribution in [2.75, 3.05) is 0 Å². The van der Waals surface area contributed by atoms with Crippen LogP contribution >= 0.6 is 0 Å². The van der Waals surface area contributed by atoms with Crippen LogP contribution in [0.4, 0.5) is 0 Å². The van der Waals surface area contributed by atoms with Gasteiger partial charge in [0.2, 0.25) is 0 Å². The monoisotopic (exact) mass is 179 g/mol. The molecule has 74 valence electrons. The molecule has 2 N–H and O–H groups in total. The SMILES string of the molecule is N[C@@H]1[C@@H]2CC[C@@H](C2)[C@H]1C1CCCC1. The van der Waals surface area contributed by atoms with Crippen molar-refractivity contribution in [2.45, 2.75) is 51.0 Å². The van der Waals surface area contributed by atoms with Crippen LogP contribution in [0.15, 0.2) is 0 Å². The molecule has 4 atom stereocenters. The largest absolute Gasteiger partial charge is 0.327 e. The first-order valence-electron chi connectivity index (χ1n) is 6.12. The summed E-state index contributed by atoms with van der Waals surface area (Å²) in [5.74, 6) is 3.89. The summed E-state index contributed by atoms with van der Waals surface area (Å²) in [6.07, 6.45) is 10.3. The van der Waals surface area contributed by atoms with E-state index in [1.165, 1.54) is 44.9 Å². The molecule has 0 unspecified atom stereocenters.